The van der Waals surface area contributed by atoms with Crippen LogP contribution in [0.1, 0.15) is 32.3 Å². The van der Waals surface area contributed by atoms with Crippen molar-refractivity contribution >= 4 is 35.1 Å². The summed E-state index contributed by atoms with van der Waals surface area (Å²) in [5.74, 6) is -0.563. The highest BCUT2D eigenvalue weighted by atomic mass is 35.5. The third kappa shape index (κ3) is 4.89. The molecule has 1 amide bonds. The third-order valence-corrected chi connectivity index (χ3v) is 4.12. The number of benzene rings is 1. The molecule has 1 aromatic carbocycles. The van der Waals surface area contributed by atoms with Gasteiger partial charge in [-0.15, -0.1) is 0 Å². The number of nitrogens with two attached hydrogens (primary N) is 1. The number of carbonyl (C=O) groups excluding carboxylic acids is 1. The second-order valence-electron chi connectivity index (χ2n) is 6.03. The van der Waals surface area contributed by atoms with Crippen molar-refractivity contribution in [3.8, 4) is 0 Å². The molecule has 0 atom stereocenters. The Labute approximate surface area is 162 Å². The summed E-state index contributed by atoms with van der Waals surface area (Å²) in [6.07, 6.45) is 4.12. The zero-order valence-electron chi connectivity index (χ0n) is 15.4. The van der Waals surface area contributed by atoms with Gasteiger partial charge in [0.05, 0.1) is 0 Å². The summed E-state index contributed by atoms with van der Waals surface area (Å²) >= 11 is 5.91. The van der Waals surface area contributed by atoms with Crippen molar-refractivity contribution in [2.75, 3.05) is 11.1 Å². The molecule has 8 heteroatoms. The van der Waals surface area contributed by atoms with Gasteiger partial charge in [0.15, 0.2) is 0 Å². The molecule has 0 spiro atoms. The number of rotatable bonds is 7. The molecule has 144 valence electrons. The van der Waals surface area contributed by atoms with Crippen LogP contribution in [0.25, 0.3) is 6.08 Å². The van der Waals surface area contributed by atoms with Gasteiger partial charge in [-0.1, -0.05) is 37.6 Å². The number of anilines is 2. The van der Waals surface area contributed by atoms with E-state index in [0.717, 1.165) is 10.1 Å². The monoisotopic (exact) mass is 390 g/mol. The summed E-state index contributed by atoms with van der Waals surface area (Å²) in [6, 6.07) is 6.99. The second kappa shape index (κ2) is 9.23. The van der Waals surface area contributed by atoms with Gasteiger partial charge in [-0.2, -0.15) is 0 Å². The molecule has 0 bridgehead atoms. The molecule has 0 saturated carbocycles. The molecule has 1 aromatic heterocycles. The van der Waals surface area contributed by atoms with Gasteiger partial charge in [-0.05, 0) is 36.6 Å². The smallest absolute Gasteiger partial charge is 0.332 e. The Morgan fingerprint density at radius 3 is 2.48 bits per heavy atom. The van der Waals surface area contributed by atoms with Crippen molar-refractivity contribution in [3.05, 3.63) is 61.8 Å². The number of carbonyl (C=O) groups is 1. The maximum atomic E-state index is 12.6. The molecule has 0 fully saturated rings. The van der Waals surface area contributed by atoms with E-state index < -0.39 is 17.2 Å². The van der Waals surface area contributed by atoms with Crippen LogP contribution in [0.2, 0.25) is 5.02 Å². The number of nitrogens with zero attached hydrogens (tertiary/aromatic N) is 2. The van der Waals surface area contributed by atoms with E-state index in [1.54, 1.807) is 30.3 Å². The lowest BCUT2D eigenvalue weighted by Gasteiger charge is -2.16. The summed E-state index contributed by atoms with van der Waals surface area (Å²) in [7, 11) is 0. The molecule has 7 nitrogen and oxygen atoms in total. The Balaban J connectivity index is 2.38. The first-order valence-electron chi connectivity index (χ1n) is 8.76. The van der Waals surface area contributed by atoms with Crippen molar-refractivity contribution in [1.29, 1.82) is 0 Å². The van der Waals surface area contributed by atoms with Gasteiger partial charge in [-0.3, -0.25) is 18.7 Å². The first-order chi connectivity index (χ1) is 12.9. The first kappa shape index (κ1) is 20.5. The van der Waals surface area contributed by atoms with Gasteiger partial charge in [0, 0.05) is 24.2 Å². The third-order valence-electron chi connectivity index (χ3n) is 3.89. The molecule has 0 saturated heterocycles. The molecule has 0 unspecified atom stereocenters. The highest BCUT2D eigenvalue weighted by molar-refractivity contribution is 6.30. The molecule has 0 aliphatic carbocycles. The molecule has 0 radical (unpaired) electrons. The molecule has 27 heavy (non-hydrogen) atoms. The van der Waals surface area contributed by atoms with Crippen molar-refractivity contribution in [1.82, 2.24) is 9.13 Å². The van der Waals surface area contributed by atoms with Crippen LogP contribution in [0.3, 0.4) is 0 Å². The molecule has 0 aliphatic rings. The number of hydrogen-bond donors (Lipinski definition) is 2. The molecule has 2 rings (SSSR count). The van der Waals surface area contributed by atoms with E-state index in [9.17, 15) is 14.4 Å². The standard InChI is InChI=1S/C19H23ClN4O3/c1-3-10-23-17(21)16(18(26)24(11-4-2)19(23)27)22-15(25)9-8-13-6-5-7-14(20)12-13/h5-9,12H,3-4,10-11,21H2,1-2H3,(H,22,25)/b9-8+. The largest absolute Gasteiger partial charge is 0.383 e. The number of amides is 1. The van der Waals surface area contributed by atoms with Gasteiger partial charge in [0.1, 0.15) is 11.5 Å². The quantitative estimate of drug-likeness (QED) is 0.710. The van der Waals surface area contributed by atoms with Crippen molar-refractivity contribution in [3.63, 3.8) is 0 Å². The van der Waals surface area contributed by atoms with Crippen LogP contribution < -0.4 is 22.3 Å². The Hall–Kier alpha value is -2.80. The fraction of sp³-hybridized carbons (Fsp3) is 0.316. The minimum Gasteiger partial charge on any atom is -0.383 e. The lowest BCUT2D eigenvalue weighted by atomic mass is 10.2. The minimum atomic E-state index is -0.601. The van der Waals surface area contributed by atoms with Crippen LogP contribution in [-0.2, 0) is 17.9 Å². The first-order valence-corrected chi connectivity index (χ1v) is 9.14. The molecular formula is C19H23ClN4O3. The Morgan fingerprint density at radius 1 is 1.19 bits per heavy atom. The van der Waals surface area contributed by atoms with Crippen molar-refractivity contribution < 1.29 is 4.79 Å². The van der Waals surface area contributed by atoms with Crippen LogP contribution >= 0.6 is 11.6 Å². The zero-order valence-corrected chi connectivity index (χ0v) is 16.1. The molecule has 1 heterocycles. The topological polar surface area (TPSA) is 99.1 Å². The van der Waals surface area contributed by atoms with Crippen LogP contribution in [-0.4, -0.2) is 15.0 Å². The normalized spacial score (nSPS) is 11.1. The Kier molecular flexibility index (Phi) is 7.01. The fourth-order valence-corrected chi connectivity index (χ4v) is 2.84. The van der Waals surface area contributed by atoms with E-state index >= 15 is 0 Å². The van der Waals surface area contributed by atoms with E-state index in [-0.39, 0.29) is 18.1 Å². The van der Waals surface area contributed by atoms with E-state index in [0.29, 0.717) is 24.4 Å². The van der Waals surface area contributed by atoms with Gasteiger partial charge in [-0.25, -0.2) is 4.79 Å². The van der Waals surface area contributed by atoms with Crippen molar-refractivity contribution in [2.45, 2.75) is 39.8 Å². The maximum absolute atomic E-state index is 12.6. The average molecular weight is 391 g/mol. The average Bonchev–Trinajstić information content (AvgIpc) is 2.64. The number of nitrogens with one attached hydrogen (secondary N) is 1. The summed E-state index contributed by atoms with van der Waals surface area (Å²) in [5.41, 5.74) is 5.59. The highest BCUT2D eigenvalue weighted by Gasteiger charge is 2.17. The number of hydrogen-bond acceptors (Lipinski definition) is 4. The van der Waals surface area contributed by atoms with Crippen molar-refractivity contribution in [2.24, 2.45) is 0 Å². The lowest BCUT2D eigenvalue weighted by molar-refractivity contribution is -0.111. The van der Waals surface area contributed by atoms with E-state index in [1.807, 2.05) is 13.8 Å². The summed E-state index contributed by atoms with van der Waals surface area (Å²) in [5, 5.41) is 3.06. The van der Waals surface area contributed by atoms with Gasteiger partial charge < -0.3 is 11.1 Å². The van der Waals surface area contributed by atoms with Gasteiger partial charge >= 0.3 is 5.69 Å². The predicted octanol–water partition coefficient (Wildman–Crippen LogP) is 2.72. The number of nitrogen functional groups attached to an aromatic ring is 1. The number of aromatic nitrogens is 2. The Morgan fingerprint density at radius 2 is 1.85 bits per heavy atom. The maximum Gasteiger partial charge on any atom is 0.332 e. The summed E-state index contributed by atoms with van der Waals surface area (Å²) in [4.78, 5) is 37.4. The summed E-state index contributed by atoms with van der Waals surface area (Å²) < 4.78 is 2.41. The van der Waals surface area contributed by atoms with Crippen LogP contribution in [0, 0.1) is 0 Å². The molecule has 3 N–H and O–H groups in total. The van der Waals surface area contributed by atoms with Gasteiger partial charge in [0.2, 0.25) is 5.91 Å². The molecular weight excluding hydrogens is 368 g/mol. The lowest BCUT2D eigenvalue weighted by Crippen LogP contribution is -2.42. The van der Waals surface area contributed by atoms with E-state index in [2.05, 4.69) is 5.32 Å². The van der Waals surface area contributed by atoms with Crippen LogP contribution in [0.4, 0.5) is 11.5 Å². The van der Waals surface area contributed by atoms with Gasteiger partial charge in [0.25, 0.3) is 5.56 Å². The molecule has 2 aromatic rings. The summed E-state index contributed by atoms with van der Waals surface area (Å²) in [6.45, 7) is 4.37. The fourth-order valence-electron chi connectivity index (χ4n) is 2.64. The van der Waals surface area contributed by atoms with Crippen LogP contribution in [0.15, 0.2) is 39.9 Å². The predicted molar refractivity (Wildman–Crippen MR) is 109 cm³/mol. The SMILES string of the molecule is CCCn1c(N)c(NC(=O)/C=C/c2cccc(Cl)c2)c(=O)n(CCC)c1=O. The number of halogens is 1. The van der Waals surface area contributed by atoms with E-state index in [4.69, 9.17) is 17.3 Å². The van der Waals surface area contributed by atoms with E-state index in [1.165, 1.54) is 10.6 Å². The second-order valence-corrected chi connectivity index (χ2v) is 6.47. The highest BCUT2D eigenvalue weighted by Crippen LogP contribution is 2.14. The zero-order chi connectivity index (χ0) is 20.0. The van der Waals surface area contributed by atoms with Crippen LogP contribution in [0.5, 0.6) is 0 Å². The Bertz CT molecular complexity index is 976. The minimum absolute atomic E-state index is 0.0382. The molecule has 0 aliphatic heterocycles.